The number of carbonyl (C=O) groups excluding carboxylic acids is 1. The normalized spacial score (nSPS) is 18.9. The van der Waals surface area contributed by atoms with Gasteiger partial charge in [-0.15, -0.1) is 0 Å². The summed E-state index contributed by atoms with van der Waals surface area (Å²) < 4.78 is 6.79. The van der Waals surface area contributed by atoms with Crippen molar-refractivity contribution in [2.24, 2.45) is 7.05 Å². The predicted molar refractivity (Wildman–Crippen MR) is 77.3 cm³/mol. The third-order valence-electron chi connectivity index (χ3n) is 3.81. The Hall–Kier alpha value is -2.15. The molecule has 0 aromatic carbocycles. The number of fused-ring (bicyclic) bond motifs is 1. The molecule has 7 heteroatoms. The van der Waals surface area contributed by atoms with Crippen LogP contribution in [0.1, 0.15) is 29.0 Å². The molecule has 1 atom stereocenters. The van der Waals surface area contributed by atoms with Gasteiger partial charge in [-0.1, -0.05) is 0 Å². The lowest BCUT2D eigenvalue weighted by Crippen LogP contribution is -2.45. The maximum atomic E-state index is 12.5. The number of piperidine rings is 1. The molecule has 1 saturated heterocycles. The van der Waals surface area contributed by atoms with Gasteiger partial charge < -0.3 is 19.6 Å². The van der Waals surface area contributed by atoms with Gasteiger partial charge in [0.2, 0.25) is 5.71 Å². The zero-order chi connectivity index (χ0) is 15.0. The first-order valence-corrected chi connectivity index (χ1v) is 7.04. The van der Waals surface area contributed by atoms with Crippen LogP contribution in [0.4, 0.5) is 0 Å². The number of nitrogens with zero attached hydrogens (tertiary/aromatic N) is 2. The second-order valence-corrected chi connectivity index (χ2v) is 5.39. The molecule has 21 heavy (non-hydrogen) atoms. The highest BCUT2D eigenvalue weighted by atomic mass is 16.3. The van der Waals surface area contributed by atoms with Crippen molar-refractivity contribution in [3.63, 3.8) is 0 Å². The van der Waals surface area contributed by atoms with E-state index in [4.69, 9.17) is 4.42 Å². The summed E-state index contributed by atoms with van der Waals surface area (Å²) in [6.45, 7) is 3.40. The summed E-state index contributed by atoms with van der Waals surface area (Å²) in [5.74, 6) is 0.145. The van der Waals surface area contributed by atoms with E-state index in [2.05, 4.69) is 15.6 Å². The predicted octanol–water partition coefficient (Wildman–Crippen LogP) is 0.317. The standard InChI is InChI=1S/C14H18N4O3/c1-8-10(12(19)17-9-4-3-5-15-6-9)11-13(21-8)16-7-18(2)14(11)20/h7,9,15H,3-6H2,1-2H3,(H,17,19). The van der Waals surface area contributed by atoms with E-state index in [-0.39, 0.29) is 28.6 Å². The highest BCUT2D eigenvalue weighted by Crippen LogP contribution is 2.21. The third-order valence-corrected chi connectivity index (χ3v) is 3.81. The lowest BCUT2D eigenvalue weighted by molar-refractivity contribution is 0.0930. The van der Waals surface area contributed by atoms with E-state index in [1.165, 1.54) is 10.9 Å². The molecule has 1 amide bonds. The van der Waals surface area contributed by atoms with E-state index in [1.807, 2.05) is 0 Å². The number of furan rings is 1. The van der Waals surface area contributed by atoms with Crippen molar-refractivity contribution in [2.75, 3.05) is 13.1 Å². The van der Waals surface area contributed by atoms with Crippen LogP contribution in [0, 0.1) is 6.92 Å². The van der Waals surface area contributed by atoms with Gasteiger partial charge in [-0.2, -0.15) is 0 Å². The smallest absolute Gasteiger partial charge is 0.265 e. The lowest BCUT2D eigenvalue weighted by Gasteiger charge is -2.23. The fourth-order valence-corrected chi connectivity index (χ4v) is 2.69. The van der Waals surface area contributed by atoms with Gasteiger partial charge in [0.1, 0.15) is 17.5 Å². The van der Waals surface area contributed by atoms with Crippen molar-refractivity contribution in [3.05, 3.63) is 28.0 Å². The molecule has 1 fully saturated rings. The number of hydrogen-bond acceptors (Lipinski definition) is 5. The van der Waals surface area contributed by atoms with E-state index < -0.39 is 0 Å². The number of aromatic nitrogens is 2. The van der Waals surface area contributed by atoms with E-state index in [1.54, 1.807) is 14.0 Å². The largest absolute Gasteiger partial charge is 0.442 e. The van der Waals surface area contributed by atoms with Crippen LogP contribution in [0.25, 0.3) is 11.1 Å². The number of hydrogen-bond donors (Lipinski definition) is 2. The Morgan fingerprint density at radius 3 is 3.10 bits per heavy atom. The quantitative estimate of drug-likeness (QED) is 0.831. The summed E-state index contributed by atoms with van der Waals surface area (Å²) in [6, 6.07) is 0.0797. The van der Waals surface area contributed by atoms with Crippen molar-refractivity contribution in [3.8, 4) is 0 Å². The fourth-order valence-electron chi connectivity index (χ4n) is 2.69. The number of carbonyl (C=O) groups is 1. The van der Waals surface area contributed by atoms with Gasteiger partial charge in [-0.3, -0.25) is 9.59 Å². The maximum absolute atomic E-state index is 12.5. The molecule has 112 valence electrons. The molecular formula is C14H18N4O3. The molecule has 0 saturated carbocycles. The molecule has 0 aliphatic carbocycles. The Kier molecular flexibility index (Phi) is 3.50. The molecule has 0 bridgehead atoms. The van der Waals surface area contributed by atoms with Crippen LogP contribution in [0.3, 0.4) is 0 Å². The number of rotatable bonds is 2. The van der Waals surface area contributed by atoms with Crippen molar-refractivity contribution in [1.29, 1.82) is 0 Å². The molecule has 2 N–H and O–H groups in total. The first-order valence-electron chi connectivity index (χ1n) is 7.04. The molecule has 1 aliphatic heterocycles. The molecule has 2 aromatic rings. The molecular weight excluding hydrogens is 272 g/mol. The van der Waals surface area contributed by atoms with Gasteiger partial charge in [0.05, 0.1) is 5.56 Å². The van der Waals surface area contributed by atoms with Crippen LogP contribution in [0.15, 0.2) is 15.5 Å². The lowest BCUT2D eigenvalue weighted by atomic mass is 10.1. The molecule has 1 aliphatic rings. The van der Waals surface area contributed by atoms with Gasteiger partial charge in [0.15, 0.2) is 0 Å². The zero-order valence-electron chi connectivity index (χ0n) is 12.1. The fraction of sp³-hybridized carbons (Fsp3) is 0.500. The topological polar surface area (TPSA) is 89.2 Å². The molecule has 0 spiro atoms. The van der Waals surface area contributed by atoms with Crippen molar-refractivity contribution >= 4 is 17.0 Å². The summed E-state index contributed by atoms with van der Waals surface area (Å²) in [5, 5.41) is 6.45. The van der Waals surface area contributed by atoms with Gasteiger partial charge >= 0.3 is 0 Å². The Balaban J connectivity index is 1.99. The molecule has 0 radical (unpaired) electrons. The van der Waals surface area contributed by atoms with Crippen LogP contribution in [0.5, 0.6) is 0 Å². The summed E-state index contributed by atoms with van der Waals surface area (Å²) in [6.07, 6.45) is 3.35. The number of nitrogens with one attached hydrogen (secondary N) is 2. The van der Waals surface area contributed by atoms with Crippen LogP contribution in [-0.2, 0) is 7.05 Å². The molecule has 2 aromatic heterocycles. The summed E-state index contributed by atoms with van der Waals surface area (Å²) >= 11 is 0. The highest BCUT2D eigenvalue weighted by molar-refractivity contribution is 6.06. The van der Waals surface area contributed by atoms with Crippen molar-refractivity contribution < 1.29 is 9.21 Å². The van der Waals surface area contributed by atoms with E-state index >= 15 is 0 Å². The molecule has 1 unspecified atom stereocenters. The van der Waals surface area contributed by atoms with E-state index in [0.29, 0.717) is 11.3 Å². The Labute approximate surface area is 121 Å². The van der Waals surface area contributed by atoms with Gasteiger partial charge in [0.25, 0.3) is 11.5 Å². The van der Waals surface area contributed by atoms with Gasteiger partial charge in [-0.05, 0) is 26.3 Å². The number of aryl methyl sites for hydroxylation is 2. The Morgan fingerprint density at radius 1 is 1.57 bits per heavy atom. The summed E-state index contributed by atoms with van der Waals surface area (Å²) in [7, 11) is 1.60. The van der Waals surface area contributed by atoms with Crippen molar-refractivity contribution in [2.45, 2.75) is 25.8 Å². The molecule has 3 heterocycles. The van der Waals surface area contributed by atoms with Crippen molar-refractivity contribution in [1.82, 2.24) is 20.2 Å². The molecule has 3 rings (SSSR count). The first kappa shape index (κ1) is 13.8. The van der Waals surface area contributed by atoms with E-state index in [0.717, 1.165) is 25.9 Å². The maximum Gasteiger partial charge on any atom is 0.265 e. The minimum absolute atomic E-state index is 0.0797. The SMILES string of the molecule is Cc1oc2ncn(C)c(=O)c2c1C(=O)NC1CCCNC1. The van der Waals surface area contributed by atoms with Crippen LogP contribution < -0.4 is 16.2 Å². The molecule has 7 nitrogen and oxygen atoms in total. The minimum atomic E-state index is -0.274. The average Bonchev–Trinajstić information content (AvgIpc) is 2.81. The van der Waals surface area contributed by atoms with Crippen LogP contribution >= 0.6 is 0 Å². The second kappa shape index (κ2) is 5.33. The Bertz CT molecular complexity index is 740. The first-order chi connectivity index (χ1) is 10.1. The van der Waals surface area contributed by atoms with Gasteiger partial charge in [-0.25, -0.2) is 4.98 Å². The number of amides is 1. The second-order valence-electron chi connectivity index (χ2n) is 5.39. The van der Waals surface area contributed by atoms with Crippen LogP contribution in [0.2, 0.25) is 0 Å². The third kappa shape index (κ3) is 2.44. The zero-order valence-corrected chi connectivity index (χ0v) is 12.1. The van der Waals surface area contributed by atoms with Gasteiger partial charge in [0, 0.05) is 19.6 Å². The summed E-state index contributed by atoms with van der Waals surface area (Å²) in [4.78, 5) is 28.8. The highest BCUT2D eigenvalue weighted by Gasteiger charge is 2.24. The average molecular weight is 290 g/mol. The Morgan fingerprint density at radius 2 is 2.38 bits per heavy atom. The monoisotopic (exact) mass is 290 g/mol. The van der Waals surface area contributed by atoms with Crippen LogP contribution in [-0.4, -0.2) is 34.6 Å². The summed E-state index contributed by atoms with van der Waals surface area (Å²) in [5.41, 5.74) is 0.232. The minimum Gasteiger partial charge on any atom is -0.442 e. The van der Waals surface area contributed by atoms with E-state index in [9.17, 15) is 9.59 Å².